The Hall–Kier alpha value is -2.15. The van der Waals surface area contributed by atoms with Gasteiger partial charge in [0.2, 0.25) is 0 Å². The Bertz CT molecular complexity index is 578. The Morgan fingerprint density at radius 2 is 1.35 bits per heavy atom. The fourth-order valence-corrected chi connectivity index (χ4v) is 2.96. The molecule has 2 atom stereocenters. The zero-order valence-electron chi connectivity index (χ0n) is 13.8. The van der Waals surface area contributed by atoms with Crippen LogP contribution >= 0.6 is 0 Å². The van der Waals surface area contributed by atoms with Gasteiger partial charge in [-0.15, -0.1) is 0 Å². The van der Waals surface area contributed by atoms with E-state index >= 15 is 0 Å². The van der Waals surface area contributed by atoms with Gasteiger partial charge in [-0.05, 0) is 17.0 Å². The lowest BCUT2D eigenvalue weighted by molar-refractivity contribution is 0.0434. The van der Waals surface area contributed by atoms with Gasteiger partial charge in [-0.25, -0.2) is 0 Å². The second-order valence-corrected chi connectivity index (χ2v) is 6.18. The topological polar surface area (TPSA) is 47.3 Å². The molecule has 0 fully saturated rings. The molecule has 0 heterocycles. The van der Waals surface area contributed by atoms with Crippen LogP contribution < -0.4 is 0 Å². The largest absolute Gasteiger partial charge is 0.376 e. The monoisotopic (exact) mass is 308 g/mol. The first-order valence-corrected chi connectivity index (χ1v) is 8.01. The molecule has 0 aliphatic rings. The third-order valence-corrected chi connectivity index (χ3v) is 4.02. The number of rotatable bonds is 7. The highest BCUT2D eigenvalue weighted by atomic mass is 16.3. The number of hydrogen-bond donors (Lipinski definition) is 1. The maximum Gasteiger partial charge on any atom is 0.156 e. The molecule has 2 aromatic rings. The molecule has 0 aromatic heterocycles. The summed E-state index contributed by atoms with van der Waals surface area (Å²) in [4.78, 5) is 2.20. The van der Waals surface area contributed by atoms with E-state index in [1.54, 1.807) is 0 Å². The van der Waals surface area contributed by atoms with Gasteiger partial charge >= 0.3 is 0 Å². The maximum atomic E-state index is 10.2. The minimum absolute atomic E-state index is 0.178. The molecule has 3 heteroatoms. The van der Waals surface area contributed by atoms with E-state index in [0.29, 0.717) is 13.1 Å². The lowest BCUT2D eigenvalue weighted by Crippen LogP contribution is -2.45. The number of hydrogen-bond acceptors (Lipinski definition) is 3. The predicted molar refractivity (Wildman–Crippen MR) is 92.4 cm³/mol. The van der Waals surface area contributed by atoms with Crippen LogP contribution in [0.3, 0.4) is 0 Å². The zero-order chi connectivity index (χ0) is 16.7. The summed E-state index contributed by atoms with van der Waals surface area (Å²) in [6, 6.07) is 22.2. The average Bonchev–Trinajstić information content (AvgIpc) is 2.56. The minimum Gasteiger partial charge on any atom is -0.376 e. The van der Waals surface area contributed by atoms with Gasteiger partial charge in [0.25, 0.3) is 0 Å². The number of benzene rings is 2. The molecular weight excluding hydrogens is 284 g/mol. The van der Waals surface area contributed by atoms with Crippen LogP contribution in [0.25, 0.3) is 0 Å². The highest BCUT2D eigenvalue weighted by molar-refractivity contribution is 5.18. The summed E-state index contributed by atoms with van der Waals surface area (Å²) in [5.74, 6) is 0.178. The molecule has 0 unspecified atom stereocenters. The van der Waals surface area contributed by atoms with E-state index in [2.05, 4.69) is 29.2 Å². The van der Waals surface area contributed by atoms with Gasteiger partial charge in [0, 0.05) is 13.1 Å². The second-order valence-electron chi connectivity index (χ2n) is 6.18. The first-order chi connectivity index (χ1) is 11.1. The summed E-state index contributed by atoms with van der Waals surface area (Å²) in [5, 5.41) is 19.4. The van der Waals surface area contributed by atoms with Gasteiger partial charge in [0.1, 0.15) is 0 Å². The fourth-order valence-electron chi connectivity index (χ4n) is 2.96. The van der Waals surface area contributed by atoms with Crippen LogP contribution in [0, 0.1) is 17.2 Å². The highest BCUT2D eigenvalue weighted by Crippen LogP contribution is 2.21. The molecular formula is C20H24N2O. The highest BCUT2D eigenvalue weighted by Gasteiger charge is 2.29. The molecule has 0 spiro atoms. The standard InChI is InChI=1S/C20H24N2O/c1-16(2)20(19(23)13-21)22(14-17-9-5-3-6-10-17)15-18-11-7-4-8-12-18/h3-12,16,19-20,23H,14-15H2,1-2H3/t19-,20-/m0/s1. The van der Waals surface area contributed by atoms with E-state index in [9.17, 15) is 10.4 Å². The molecule has 0 radical (unpaired) electrons. The van der Waals surface area contributed by atoms with Crippen molar-refractivity contribution in [3.8, 4) is 6.07 Å². The van der Waals surface area contributed by atoms with Crippen molar-refractivity contribution in [2.75, 3.05) is 0 Å². The van der Waals surface area contributed by atoms with E-state index in [0.717, 1.165) is 0 Å². The first kappa shape index (κ1) is 17.2. The van der Waals surface area contributed by atoms with Gasteiger partial charge in [-0.3, -0.25) is 4.90 Å². The Labute approximate surface area is 138 Å². The van der Waals surface area contributed by atoms with Crippen LogP contribution in [0.1, 0.15) is 25.0 Å². The lowest BCUT2D eigenvalue weighted by atomic mass is 9.96. The van der Waals surface area contributed by atoms with Crippen molar-refractivity contribution in [2.24, 2.45) is 5.92 Å². The summed E-state index contributed by atoms with van der Waals surface area (Å²) >= 11 is 0. The summed E-state index contributed by atoms with van der Waals surface area (Å²) in [6.45, 7) is 5.51. The molecule has 0 saturated heterocycles. The predicted octanol–water partition coefficient (Wildman–Crippen LogP) is 3.60. The van der Waals surface area contributed by atoms with Crippen molar-refractivity contribution in [1.82, 2.24) is 4.90 Å². The fraction of sp³-hybridized carbons (Fsp3) is 0.350. The summed E-state index contributed by atoms with van der Waals surface area (Å²) in [6.07, 6.45) is -0.998. The number of aliphatic hydroxyl groups is 1. The molecule has 0 bridgehead atoms. The van der Waals surface area contributed by atoms with Crippen LogP contribution in [0.4, 0.5) is 0 Å². The quantitative estimate of drug-likeness (QED) is 0.795. The number of nitrogens with zero attached hydrogens (tertiary/aromatic N) is 2. The smallest absolute Gasteiger partial charge is 0.156 e. The Kier molecular flexibility index (Phi) is 6.34. The SMILES string of the molecule is CC(C)[C@@H]([C@@H](O)C#N)N(Cc1ccccc1)Cc1ccccc1. The van der Waals surface area contributed by atoms with Crippen LogP contribution in [0.5, 0.6) is 0 Å². The molecule has 1 N–H and O–H groups in total. The molecule has 2 rings (SSSR count). The average molecular weight is 308 g/mol. The van der Waals surface area contributed by atoms with Crippen LogP contribution in [0.15, 0.2) is 60.7 Å². The first-order valence-electron chi connectivity index (χ1n) is 8.01. The molecule has 120 valence electrons. The van der Waals surface area contributed by atoms with Crippen molar-refractivity contribution in [3.05, 3.63) is 71.8 Å². The van der Waals surface area contributed by atoms with E-state index in [-0.39, 0.29) is 12.0 Å². The van der Waals surface area contributed by atoms with Crippen molar-refractivity contribution < 1.29 is 5.11 Å². The Morgan fingerprint density at radius 1 is 0.913 bits per heavy atom. The maximum absolute atomic E-state index is 10.2. The van der Waals surface area contributed by atoms with Gasteiger partial charge in [0.15, 0.2) is 6.10 Å². The van der Waals surface area contributed by atoms with Crippen LogP contribution in [-0.4, -0.2) is 22.2 Å². The van der Waals surface area contributed by atoms with Crippen molar-refractivity contribution >= 4 is 0 Å². The molecule has 0 saturated carbocycles. The molecule has 3 nitrogen and oxygen atoms in total. The van der Waals surface area contributed by atoms with Gasteiger partial charge < -0.3 is 5.11 Å². The van der Waals surface area contributed by atoms with Crippen molar-refractivity contribution in [2.45, 2.75) is 39.1 Å². The second kappa shape index (κ2) is 8.47. The van der Waals surface area contributed by atoms with Crippen molar-refractivity contribution in [1.29, 1.82) is 5.26 Å². The molecule has 23 heavy (non-hydrogen) atoms. The third kappa shape index (κ3) is 4.92. The van der Waals surface area contributed by atoms with E-state index < -0.39 is 6.10 Å². The molecule has 0 aliphatic carbocycles. The number of aliphatic hydroxyl groups excluding tert-OH is 1. The molecule has 0 aliphatic heterocycles. The summed E-state index contributed by atoms with van der Waals surface area (Å²) < 4.78 is 0. The molecule has 0 amide bonds. The Morgan fingerprint density at radius 3 is 1.70 bits per heavy atom. The summed E-state index contributed by atoms with van der Waals surface area (Å²) in [5.41, 5.74) is 2.36. The van der Waals surface area contributed by atoms with Gasteiger partial charge in [0.05, 0.1) is 12.1 Å². The van der Waals surface area contributed by atoms with E-state index in [1.807, 2.05) is 56.3 Å². The normalized spacial score (nSPS) is 13.7. The van der Waals surface area contributed by atoms with E-state index in [1.165, 1.54) is 11.1 Å². The zero-order valence-corrected chi connectivity index (χ0v) is 13.8. The third-order valence-electron chi connectivity index (χ3n) is 4.02. The minimum atomic E-state index is -0.998. The van der Waals surface area contributed by atoms with Gasteiger partial charge in [-0.2, -0.15) is 5.26 Å². The lowest BCUT2D eigenvalue weighted by Gasteiger charge is -2.35. The van der Waals surface area contributed by atoms with Crippen LogP contribution in [0.2, 0.25) is 0 Å². The number of nitriles is 1. The molecule has 2 aromatic carbocycles. The Balaban J connectivity index is 2.27. The van der Waals surface area contributed by atoms with Crippen LogP contribution in [-0.2, 0) is 13.1 Å². The van der Waals surface area contributed by atoms with E-state index in [4.69, 9.17) is 0 Å². The van der Waals surface area contributed by atoms with Gasteiger partial charge in [-0.1, -0.05) is 74.5 Å². The van der Waals surface area contributed by atoms with Crippen molar-refractivity contribution in [3.63, 3.8) is 0 Å². The summed E-state index contributed by atoms with van der Waals surface area (Å²) in [7, 11) is 0.